The van der Waals surface area contributed by atoms with Gasteiger partial charge in [0.2, 0.25) is 0 Å². The molecule has 2 rings (SSSR count). The van der Waals surface area contributed by atoms with Gasteiger partial charge in [-0.3, -0.25) is 0 Å². The minimum Gasteiger partial charge on any atom is -0.496 e. The van der Waals surface area contributed by atoms with Crippen molar-refractivity contribution in [2.24, 2.45) is 5.41 Å². The van der Waals surface area contributed by atoms with Crippen LogP contribution in [0, 0.1) is 12.3 Å². The highest BCUT2D eigenvalue weighted by Crippen LogP contribution is 2.45. The predicted octanol–water partition coefficient (Wildman–Crippen LogP) is 4.16. The summed E-state index contributed by atoms with van der Waals surface area (Å²) < 4.78 is 6.52. The second kappa shape index (κ2) is 4.86. The molecular weight excluding hydrogens is 292 g/mol. The van der Waals surface area contributed by atoms with E-state index in [1.54, 1.807) is 7.11 Å². The van der Waals surface area contributed by atoms with Crippen molar-refractivity contribution in [3.63, 3.8) is 0 Å². The standard InChI is InChI=1S/C15H21BrO2/c1-9-7-12(18-4)10-5-6-15(2,3)8-11(17)13(10)14(9)16/h7,11,17H,5-6,8H2,1-4H3. The van der Waals surface area contributed by atoms with E-state index >= 15 is 0 Å². The summed E-state index contributed by atoms with van der Waals surface area (Å²) in [7, 11) is 1.70. The lowest BCUT2D eigenvalue weighted by Gasteiger charge is -2.24. The Morgan fingerprint density at radius 1 is 1.44 bits per heavy atom. The molecule has 0 aromatic heterocycles. The fraction of sp³-hybridized carbons (Fsp3) is 0.600. The van der Waals surface area contributed by atoms with Gasteiger partial charge in [0.15, 0.2) is 0 Å². The van der Waals surface area contributed by atoms with Gasteiger partial charge in [0, 0.05) is 15.6 Å². The lowest BCUT2D eigenvalue weighted by molar-refractivity contribution is 0.116. The summed E-state index contributed by atoms with van der Waals surface area (Å²) in [6.45, 7) is 6.47. The molecule has 1 aromatic rings. The molecule has 0 amide bonds. The largest absolute Gasteiger partial charge is 0.496 e. The van der Waals surface area contributed by atoms with Crippen molar-refractivity contribution in [3.8, 4) is 5.75 Å². The zero-order chi connectivity index (χ0) is 13.5. The van der Waals surface area contributed by atoms with Gasteiger partial charge in [-0.25, -0.2) is 0 Å². The van der Waals surface area contributed by atoms with Crippen molar-refractivity contribution < 1.29 is 9.84 Å². The minimum atomic E-state index is -0.416. The molecule has 0 radical (unpaired) electrons. The molecule has 1 atom stereocenters. The molecule has 0 saturated heterocycles. The van der Waals surface area contributed by atoms with E-state index in [-0.39, 0.29) is 5.41 Å². The maximum Gasteiger partial charge on any atom is 0.122 e. The van der Waals surface area contributed by atoms with Crippen molar-refractivity contribution in [1.29, 1.82) is 0 Å². The normalized spacial score (nSPS) is 22.2. The number of benzene rings is 1. The highest BCUT2D eigenvalue weighted by atomic mass is 79.9. The van der Waals surface area contributed by atoms with Gasteiger partial charge in [-0.1, -0.05) is 29.8 Å². The Morgan fingerprint density at radius 3 is 2.72 bits per heavy atom. The number of hydrogen-bond donors (Lipinski definition) is 1. The average Bonchev–Trinajstić information content (AvgIpc) is 2.40. The third-order valence-electron chi connectivity index (χ3n) is 3.90. The second-order valence-electron chi connectivity index (χ2n) is 5.99. The van der Waals surface area contributed by atoms with Gasteiger partial charge in [-0.05, 0) is 43.2 Å². The van der Waals surface area contributed by atoms with Crippen LogP contribution in [0.1, 0.15) is 49.5 Å². The molecule has 100 valence electrons. The second-order valence-corrected chi connectivity index (χ2v) is 6.78. The quantitative estimate of drug-likeness (QED) is 0.789. The van der Waals surface area contributed by atoms with Gasteiger partial charge < -0.3 is 9.84 Å². The fourth-order valence-corrected chi connectivity index (χ4v) is 3.42. The average molecular weight is 313 g/mol. The highest BCUT2D eigenvalue weighted by Gasteiger charge is 2.31. The monoisotopic (exact) mass is 312 g/mol. The Hall–Kier alpha value is -0.540. The SMILES string of the molecule is COc1cc(C)c(Br)c2c1CCC(C)(C)CC2O. The first-order valence-corrected chi connectivity index (χ1v) is 7.19. The Morgan fingerprint density at radius 2 is 2.11 bits per heavy atom. The predicted molar refractivity (Wildman–Crippen MR) is 77.1 cm³/mol. The van der Waals surface area contributed by atoms with E-state index in [4.69, 9.17) is 4.74 Å². The van der Waals surface area contributed by atoms with Crippen LogP contribution in [0.3, 0.4) is 0 Å². The van der Waals surface area contributed by atoms with E-state index < -0.39 is 6.10 Å². The third-order valence-corrected chi connectivity index (χ3v) is 4.96. The zero-order valence-corrected chi connectivity index (χ0v) is 13.1. The van der Waals surface area contributed by atoms with Crippen LogP contribution in [0.15, 0.2) is 10.5 Å². The van der Waals surface area contributed by atoms with E-state index in [9.17, 15) is 5.11 Å². The van der Waals surface area contributed by atoms with Gasteiger partial charge in [-0.15, -0.1) is 0 Å². The van der Waals surface area contributed by atoms with Gasteiger partial charge >= 0.3 is 0 Å². The summed E-state index contributed by atoms with van der Waals surface area (Å²) in [5.41, 5.74) is 3.46. The van der Waals surface area contributed by atoms with E-state index in [1.165, 1.54) is 0 Å². The molecule has 1 aromatic carbocycles. The smallest absolute Gasteiger partial charge is 0.122 e. The van der Waals surface area contributed by atoms with Crippen molar-refractivity contribution >= 4 is 15.9 Å². The topological polar surface area (TPSA) is 29.5 Å². The summed E-state index contributed by atoms with van der Waals surface area (Å²) in [4.78, 5) is 0. The van der Waals surface area contributed by atoms with Crippen LogP contribution < -0.4 is 4.74 Å². The number of halogens is 1. The molecule has 2 nitrogen and oxygen atoms in total. The van der Waals surface area contributed by atoms with Crippen LogP contribution in [0.4, 0.5) is 0 Å². The van der Waals surface area contributed by atoms with Crippen LogP contribution in [0.25, 0.3) is 0 Å². The Labute approximate surface area is 117 Å². The van der Waals surface area contributed by atoms with Gasteiger partial charge in [0.05, 0.1) is 13.2 Å². The van der Waals surface area contributed by atoms with Gasteiger partial charge in [-0.2, -0.15) is 0 Å². The molecular formula is C15H21BrO2. The van der Waals surface area contributed by atoms with Crippen molar-refractivity contribution in [2.75, 3.05) is 7.11 Å². The number of rotatable bonds is 1. The Bertz CT molecular complexity index is 466. The third kappa shape index (κ3) is 2.43. The Balaban J connectivity index is 2.60. The van der Waals surface area contributed by atoms with Crippen LogP contribution in [0.5, 0.6) is 5.75 Å². The lowest BCUT2D eigenvalue weighted by atomic mass is 9.84. The van der Waals surface area contributed by atoms with Crippen molar-refractivity contribution in [1.82, 2.24) is 0 Å². The molecule has 0 spiro atoms. The summed E-state index contributed by atoms with van der Waals surface area (Å²) in [5.74, 6) is 0.905. The summed E-state index contributed by atoms with van der Waals surface area (Å²) in [5, 5.41) is 10.5. The van der Waals surface area contributed by atoms with E-state index in [2.05, 4.69) is 29.8 Å². The molecule has 1 unspecified atom stereocenters. The van der Waals surface area contributed by atoms with Crippen molar-refractivity contribution in [2.45, 2.75) is 46.1 Å². The number of fused-ring (bicyclic) bond motifs is 1. The number of aliphatic hydroxyl groups excluding tert-OH is 1. The molecule has 3 heteroatoms. The number of ether oxygens (including phenoxy) is 1. The van der Waals surface area contributed by atoms with E-state index in [1.807, 2.05) is 13.0 Å². The molecule has 0 fully saturated rings. The lowest BCUT2D eigenvalue weighted by Crippen LogP contribution is -2.13. The first-order chi connectivity index (χ1) is 8.35. The first kappa shape index (κ1) is 13.9. The molecule has 18 heavy (non-hydrogen) atoms. The molecule has 0 aliphatic heterocycles. The highest BCUT2D eigenvalue weighted by molar-refractivity contribution is 9.10. The van der Waals surface area contributed by atoms with Crippen LogP contribution in [-0.2, 0) is 6.42 Å². The van der Waals surface area contributed by atoms with Crippen LogP contribution >= 0.6 is 15.9 Å². The number of hydrogen-bond acceptors (Lipinski definition) is 2. The molecule has 1 aliphatic rings. The van der Waals surface area contributed by atoms with Crippen LogP contribution in [0.2, 0.25) is 0 Å². The van der Waals surface area contributed by atoms with Crippen LogP contribution in [-0.4, -0.2) is 12.2 Å². The molecule has 0 saturated carbocycles. The van der Waals surface area contributed by atoms with Crippen molar-refractivity contribution in [3.05, 3.63) is 27.2 Å². The van der Waals surface area contributed by atoms with E-state index in [0.29, 0.717) is 0 Å². The zero-order valence-electron chi connectivity index (χ0n) is 11.5. The maximum atomic E-state index is 10.5. The van der Waals surface area contributed by atoms with Gasteiger partial charge in [0.25, 0.3) is 0 Å². The van der Waals surface area contributed by atoms with Gasteiger partial charge in [0.1, 0.15) is 5.75 Å². The maximum absolute atomic E-state index is 10.5. The number of methoxy groups -OCH3 is 1. The molecule has 0 bridgehead atoms. The molecule has 1 aliphatic carbocycles. The number of aliphatic hydroxyl groups is 1. The minimum absolute atomic E-state index is 0.163. The summed E-state index contributed by atoms with van der Waals surface area (Å²) in [6.07, 6.45) is 2.41. The summed E-state index contributed by atoms with van der Waals surface area (Å²) in [6, 6.07) is 2.05. The molecule has 1 N–H and O–H groups in total. The van der Waals surface area contributed by atoms with E-state index in [0.717, 1.165) is 46.2 Å². The fourth-order valence-electron chi connectivity index (χ4n) is 2.80. The number of aryl methyl sites for hydroxylation is 1. The summed E-state index contributed by atoms with van der Waals surface area (Å²) >= 11 is 3.63. The Kier molecular flexibility index (Phi) is 3.75. The molecule has 0 heterocycles. The first-order valence-electron chi connectivity index (χ1n) is 6.39.